The Morgan fingerprint density at radius 2 is 2.11 bits per heavy atom. The zero-order valence-corrected chi connectivity index (χ0v) is 12.2. The summed E-state index contributed by atoms with van der Waals surface area (Å²) < 4.78 is 0. The Bertz CT molecular complexity index is 630. The van der Waals surface area contributed by atoms with Gasteiger partial charge in [0.1, 0.15) is 0 Å². The van der Waals surface area contributed by atoms with Gasteiger partial charge in [0, 0.05) is 29.1 Å². The average molecular weight is 254 g/mol. The maximum Gasteiger partial charge on any atom is 0.0459 e. The van der Waals surface area contributed by atoms with Crippen LogP contribution in [0.15, 0.2) is 36.0 Å². The van der Waals surface area contributed by atoms with Crippen molar-refractivity contribution in [2.75, 3.05) is 14.1 Å². The Kier molecular flexibility index (Phi) is 2.98. The first kappa shape index (κ1) is 12.5. The molecule has 1 aromatic heterocycles. The molecule has 2 nitrogen and oxygen atoms in total. The summed E-state index contributed by atoms with van der Waals surface area (Å²) >= 11 is 0. The van der Waals surface area contributed by atoms with Gasteiger partial charge in [-0.15, -0.1) is 0 Å². The molecule has 0 spiro atoms. The molecule has 0 aliphatic heterocycles. The van der Waals surface area contributed by atoms with E-state index in [0.717, 1.165) is 6.42 Å². The van der Waals surface area contributed by atoms with Gasteiger partial charge in [0.2, 0.25) is 0 Å². The lowest BCUT2D eigenvalue weighted by molar-refractivity contribution is 0.268. The van der Waals surface area contributed by atoms with E-state index in [1.807, 2.05) is 0 Å². The van der Waals surface area contributed by atoms with Gasteiger partial charge in [-0.05, 0) is 51.6 Å². The molecule has 3 rings (SSSR count). The van der Waals surface area contributed by atoms with Crippen molar-refractivity contribution in [3.63, 3.8) is 0 Å². The Labute approximate surface area is 115 Å². The summed E-state index contributed by atoms with van der Waals surface area (Å²) in [6, 6.07) is 7.18. The molecule has 0 saturated heterocycles. The minimum atomic E-state index is 0.493. The summed E-state index contributed by atoms with van der Waals surface area (Å²) in [5.41, 5.74) is 5.60. The van der Waals surface area contributed by atoms with Crippen LogP contribution in [0.4, 0.5) is 0 Å². The molecule has 1 heterocycles. The maximum atomic E-state index is 3.41. The van der Waals surface area contributed by atoms with Gasteiger partial charge < -0.3 is 9.88 Å². The predicted octanol–water partition coefficient (Wildman–Crippen LogP) is 3.70. The van der Waals surface area contributed by atoms with Crippen molar-refractivity contribution in [2.45, 2.75) is 32.2 Å². The van der Waals surface area contributed by atoms with Gasteiger partial charge in [0.25, 0.3) is 0 Å². The Hall–Kier alpha value is -1.54. The van der Waals surface area contributed by atoms with Gasteiger partial charge in [0.15, 0.2) is 0 Å². The van der Waals surface area contributed by atoms with Crippen molar-refractivity contribution in [3.8, 4) is 0 Å². The summed E-state index contributed by atoms with van der Waals surface area (Å²) in [4.78, 5) is 5.77. The lowest BCUT2D eigenvalue weighted by atomic mass is 9.79. The third kappa shape index (κ3) is 2.00. The smallest absolute Gasteiger partial charge is 0.0459 e. The topological polar surface area (TPSA) is 19.0 Å². The molecule has 0 bridgehead atoms. The molecule has 19 heavy (non-hydrogen) atoms. The maximum absolute atomic E-state index is 3.41. The summed E-state index contributed by atoms with van der Waals surface area (Å²) in [6.07, 6.45) is 5.73. The molecule has 2 aromatic rings. The van der Waals surface area contributed by atoms with Gasteiger partial charge in [-0.25, -0.2) is 0 Å². The highest BCUT2D eigenvalue weighted by Crippen LogP contribution is 2.39. The summed E-state index contributed by atoms with van der Waals surface area (Å²) in [5, 5.41) is 1.45. The van der Waals surface area contributed by atoms with Crippen molar-refractivity contribution in [2.24, 2.45) is 0 Å². The molecular formula is C17H22N2. The van der Waals surface area contributed by atoms with Gasteiger partial charge in [-0.1, -0.05) is 23.8 Å². The number of nitrogens with one attached hydrogen (secondary N) is 1. The van der Waals surface area contributed by atoms with Crippen LogP contribution in [0, 0.1) is 0 Å². The van der Waals surface area contributed by atoms with Crippen LogP contribution in [0.5, 0.6) is 0 Å². The van der Waals surface area contributed by atoms with Crippen LogP contribution < -0.4 is 0 Å². The first-order valence-corrected chi connectivity index (χ1v) is 6.98. The van der Waals surface area contributed by atoms with Crippen LogP contribution in [-0.2, 0) is 6.42 Å². The second-order valence-corrected chi connectivity index (χ2v) is 6.09. The van der Waals surface area contributed by atoms with E-state index in [-0.39, 0.29) is 0 Å². The quantitative estimate of drug-likeness (QED) is 0.810. The number of hydrogen-bond acceptors (Lipinski definition) is 1. The standard InChI is InChI=1S/C17H22N2/c1-11(2)8-14-13-6-5-7-15-17(13)12(10-18-15)9-16(14)19(3)4/h5-8,10,14,16,18H,9H2,1-4H3. The van der Waals surface area contributed by atoms with Gasteiger partial charge >= 0.3 is 0 Å². The molecule has 1 aliphatic rings. The van der Waals surface area contributed by atoms with E-state index in [1.165, 1.54) is 27.6 Å². The molecule has 0 fully saturated rings. The third-order valence-electron chi connectivity index (χ3n) is 4.20. The SMILES string of the molecule is CC(C)=CC1c2cccc3[nH]cc(c23)CC1N(C)C. The van der Waals surface area contributed by atoms with E-state index >= 15 is 0 Å². The summed E-state index contributed by atoms with van der Waals surface area (Å²) in [6.45, 7) is 4.39. The molecule has 2 unspecified atom stereocenters. The number of nitrogens with zero attached hydrogens (tertiary/aromatic N) is 1. The molecule has 0 amide bonds. The fraction of sp³-hybridized carbons (Fsp3) is 0.412. The Morgan fingerprint density at radius 1 is 1.32 bits per heavy atom. The van der Waals surface area contributed by atoms with Crippen molar-refractivity contribution in [1.29, 1.82) is 0 Å². The van der Waals surface area contributed by atoms with Crippen LogP contribution in [-0.4, -0.2) is 30.0 Å². The third-order valence-corrected chi connectivity index (χ3v) is 4.20. The summed E-state index contributed by atoms with van der Waals surface area (Å²) in [5.74, 6) is 0.493. The minimum Gasteiger partial charge on any atom is -0.361 e. The number of H-pyrrole nitrogens is 1. The van der Waals surface area contributed by atoms with E-state index < -0.39 is 0 Å². The molecule has 1 N–H and O–H groups in total. The number of rotatable bonds is 2. The highest BCUT2D eigenvalue weighted by Gasteiger charge is 2.31. The fourth-order valence-corrected chi connectivity index (χ4v) is 3.35. The summed E-state index contributed by atoms with van der Waals surface area (Å²) in [7, 11) is 4.38. The van der Waals surface area contributed by atoms with Crippen LogP contribution >= 0.6 is 0 Å². The van der Waals surface area contributed by atoms with Gasteiger partial charge in [-0.3, -0.25) is 0 Å². The van der Waals surface area contributed by atoms with Crippen molar-refractivity contribution in [3.05, 3.63) is 47.2 Å². The zero-order chi connectivity index (χ0) is 13.6. The number of aromatic nitrogens is 1. The second kappa shape index (κ2) is 4.53. The highest BCUT2D eigenvalue weighted by molar-refractivity contribution is 5.88. The fourth-order valence-electron chi connectivity index (χ4n) is 3.35. The van der Waals surface area contributed by atoms with Crippen molar-refractivity contribution < 1.29 is 0 Å². The highest BCUT2D eigenvalue weighted by atomic mass is 15.1. The van der Waals surface area contributed by atoms with E-state index in [9.17, 15) is 0 Å². The Balaban J connectivity index is 2.22. The van der Waals surface area contributed by atoms with E-state index in [1.54, 1.807) is 0 Å². The lowest BCUT2D eigenvalue weighted by Crippen LogP contribution is -2.37. The average Bonchev–Trinajstić information content (AvgIpc) is 2.76. The van der Waals surface area contributed by atoms with Gasteiger partial charge in [-0.2, -0.15) is 0 Å². The molecule has 1 aromatic carbocycles. The molecule has 0 saturated carbocycles. The monoisotopic (exact) mass is 254 g/mol. The molecule has 0 radical (unpaired) electrons. The van der Waals surface area contributed by atoms with E-state index in [4.69, 9.17) is 0 Å². The zero-order valence-electron chi connectivity index (χ0n) is 12.2. The Morgan fingerprint density at radius 3 is 2.79 bits per heavy atom. The van der Waals surface area contributed by atoms with Crippen LogP contribution in [0.1, 0.15) is 30.9 Å². The predicted molar refractivity (Wildman–Crippen MR) is 81.6 cm³/mol. The van der Waals surface area contributed by atoms with Crippen LogP contribution in [0.3, 0.4) is 0 Å². The van der Waals surface area contributed by atoms with Crippen molar-refractivity contribution >= 4 is 10.9 Å². The first-order chi connectivity index (χ1) is 9.08. The number of allylic oxidation sites excluding steroid dienone is 1. The lowest BCUT2D eigenvalue weighted by Gasteiger charge is -2.35. The number of aromatic amines is 1. The van der Waals surface area contributed by atoms with E-state index in [2.05, 4.69) is 68.3 Å². The largest absolute Gasteiger partial charge is 0.361 e. The molecular weight excluding hydrogens is 232 g/mol. The molecule has 1 aliphatic carbocycles. The molecule has 2 heteroatoms. The van der Waals surface area contributed by atoms with Gasteiger partial charge in [0.05, 0.1) is 0 Å². The minimum absolute atomic E-state index is 0.493. The molecule has 100 valence electrons. The van der Waals surface area contributed by atoms with Crippen LogP contribution in [0.2, 0.25) is 0 Å². The van der Waals surface area contributed by atoms with Crippen molar-refractivity contribution in [1.82, 2.24) is 9.88 Å². The normalized spacial score (nSPS) is 21.9. The number of likely N-dealkylation sites (N-methyl/N-ethyl adjacent to an activating group) is 1. The van der Waals surface area contributed by atoms with E-state index in [0.29, 0.717) is 12.0 Å². The first-order valence-electron chi connectivity index (χ1n) is 6.98. The number of hydrogen-bond donors (Lipinski definition) is 1. The number of benzene rings is 1. The molecule has 2 atom stereocenters. The second-order valence-electron chi connectivity index (χ2n) is 6.09. The van der Waals surface area contributed by atoms with Crippen LogP contribution in [0.25, 0.3) is 10.9 Å².